The monoisotopic (exact) mass is 194 g/mol. The van der Waals surface area contributed by atoms with Crippen LogP contribution in [0.5, 0.6) is 0 Å². The van der Waals surface area contributed by atoms with Crippen molar-refractivity contribution in [1.82, 2.24) is 9.03 Å². The quantitative estimate of drug-likeness (QED) is 0.611. The summed E-state index contributed by atoms with van der Waals surface area (Å²) in [6.07, 6.45) is 1.54. The van der Waals surface area contributed by atoms with Crippen LogP contribution in [-0.2, 0) is 15.1 Å². The van der Waals surface area contributed by atoms with Crippen molar-refractivity contribution in [2.75, 3.05) is 20.4 Å². The number of carbonyl (C=O) groups is 1. The first-order chi connectivity index (χ1) is 5.27. The molecule has 5 heteroatoms. The van der Waals surface area contributed by atoms with Gasteiger partial charge in [-0.05, 0) is 14.1 Å². The molecule has 0 saturated heterocycles. The van der Waals surface area contributed by atoms with Crippen molar-refractivity contribution < 1.29 is 9.00 Å². The van der Waals surface area contributed by atoms with Crippen LogP contribution >= 0.6 is 0 Å². The molecule has 0 fully saturated rings. The van der Waals surface area contributed by atoms with Gasteiger partial charge in [-0.3, -0.25) is 13.7 Å². The van der Waals surface area contributed by atoms with Crippen LogP contribution < -0.4 is 4.72 Å². The van der Waals surface area contributed by atoms with Gasteiger partial charge in [-0.25, -0.2) is 4.31 Å². The Hall–Kier alpha value is -0.420. The summed E-state index contributed by atoms with van der Waals surface area (Å²) in [5.74, 6) is -0.298. The predicted octanol–water partition coefficient (Wildman–Crippen LogP) is -0.203. The molecule has 0 aromatic carbocycles. The number of hydrogen-bond acceptors (Lipinski definition) is 2. The van der Waals surface area contributed by atoms with E-state index in [0.717, 1.165) is 0 Å². The van der Waals surface area contributed by atoms with Crippen LogP contribution in [0.15, 0.2) is 0 Å². The van der Waals surface area contributed by atoms with Crippen molar-refractivity contribution in [3.63, 3.8) is 0 Å². The van der Waals surface area contributed by atoms with Gasteiger partial charge in [-0.15, -0.1) is 0 Å². The predicted molar refractivity (Wildman–Crippen MR) is 52.1 cm³/mol. The van der Waals surface area contributed by atoms with Crippen molar-refractivity contribution in [1.29, 1.82) is 0 Å². The first kappa shape index (κ1) is 11.6. The minimum atomic E-state index is -2.64. The summed E-state index contributed by atoms with van der Waals surface area (Å²) in [5.41, 5.74) is 0. The Labute approximate surface area is 75.0 Å². The lowest BCUT2D eigenvalue weighted by Crippen LogP contribution is -2.46. The zero-order valence-corrected chi connectivity index (χ0v) is 9.18. The molecule has 1 N–H and O–H groups in total. The Bertz CT molecular complexity index is 213. The minimum absolute atomic E-state index is 0.127. The maximum absolute atomic E-state index is 11.6. The van der Waals surface area contributed by atoms with E-state index < -0.39 is 10.3 Å². The average Bonchev–Trinajstić information content (AvgIpc) is 1.85. The van der Waals surface area contributed by atoms with E-state index in [2.05, 4.69) is 4.72 Å². The summed E-state index contributed by atoms with van der Waals surface area (Å²) in [7, 11) is 0.723. The molecule has 0 saturated carbocycles. The molecule has 0 aliphatic heterocycles. The third-order valence-corrected chi connectivity index (χ3v) is 3.77. The molecule has 0 bridgehead atoms. The van der Waals surface area contributed by atoms with Crippen LogP contribution in [0.2, 0.25) is 0 Å². The molecule has 0 rings (SSSR count). The molecule has 0 heterocycles. The highest BCUT2D eigenvalue weighted by atomic mass is 32.3. The fraction of sp³-hybridized carbons (Fsp3) is 0.857. The summed E-state index contributed by atoms with van der Waals surface area (Å²) >= 11 is 0. The Morgan fingerprint density at radius 2 is 1.83 bits per heavy atom. The van der Waals surface area contributed by atoms with Crippen molar-refractivity contribution in [2.24, 2.45) is 5.92 Å². The molecular weight excluding hydrogens is 176 g/mol. The Kier molecular flexibility index (Phi) is 3.86. The molecule has 0 radical (unpaired) electrons. The minimum Gasteiger partial charge on any atom is -0.286 e. The molecule has 1 amide bonds. The zero-order valence-electron chi connectivity index (χ0n) is 8.29. The third-order valence-electron chi connectivity index (χ3n) is 1.61. The van der Waals surface area contributed by atoms with Gasteiger partial charge in [0.1, 0.15) is 0 Å². The highest BCUT2D eigenvalue weighted by Crippen LogP contribution is 2.00. The number of hydrogen-bond donors (Lipinski definition) is 2. The van der Waals surface area contributed by atoms with E-state index in [1.807, 2.05) is 0 Å². The van der Waals surface area contributed by atoms with Gasteiger partial charge in [0.2, 0.25) is 5.91 Å². The van der Waals surface area contributed by atoms with Gasteiger partial charge in [-0.2, -0.15) is 0 Å². The highest BCUT2D eigenvalue weighted by Gasteiger charge is 2.15. The van der Waals surface area contributed by atoms with E-state index in [9.17, 15) is 9.00 Å². The Morgan fingerprint density at radius 3 is 2.08 bits per heavy atom. The molecular formula is C7H18N2O2S. The van der Waals surface area contributed by atoms with E-state index >= 15 is 0 Å². The molecule has 0 spiro atoms. The number of rotatable bonds is 3. The van der Waals surface area contributed by atoms with Crippen LogP contribution in [0.4, 0.5) is 0 Å². The van der Waals surface area contributed by atoms with E-state index in [0.29, 0.717) is 0 Å². The summed E-state index contributed by atoms with van der Waals surface area (Å²) < 4.78 is 15.7. The zero-order chi connectivity index (χ0) is 9.94. The van der Waals surface area contributed by atoms with Crippen LogP contribution in [0.3, 0.4) is 0 Å². The van der Waals surface area contributed by atoms with E-state index in [1.54, 1.807) is 27.9 Å². The summed E-state index contributed by atoms with van der Waals surface area (Å²) in [4.78, 5) is 11.2. The van der Waals surface area contributed by atoms with Crippen molar-refractivity contribution in [3.05, 3.63) is 0 Å². The Morgan fingerprint density at radius 1 is 1.42 bits per heavy atom. The van der Waals surface area contributed by atoms with Crippen molar-refractivity contribution in [3.8, 4) is 0 Å². The van der Waals surface area contributed by atoms with E-state index in [1.165, 1.54) is 10.6 Å². The fourth-order valence-corrected chi connectivity index (χ4v) is 1.30. The van der Waals surface area contributed by atoms with E-state index in [-0.39, 0.29) is 11.8 Å². The third kappa shape index (κ3) is 3.32. The first-order valence-electron chi connectivity index (χ1n) is 3.85. The number of nitrogens with zero attached hydrogens (tertiary/aromatic N) is 1. The lowest BCUT2D eigenvalue weighted by molar-refractivity contribution is -0.122. The smallest absolute Gasteiger partial charge is 0.233 e. The van der Waals surface area contributed by atoms with Crippen molar-refractivity contribution >= 4 is 16.2 Å². The summed E-state index contributed by atoms with van der Waals surface area (Å²) in [6.45, 7) is 3.54. The second-order valence-corrected chi connectivity index (χ2v) is 6.14. The van der Waals surface area contributed by atoms with Crippen LogP contribution in [-0.4, -0.2) is 34.8 Å². The summed E-state index contributed by atoms with van der Waals surface area (Å²) in [5, 5.41) is 0. The molecule has 0 aromatic heterocycles. The number of nitrogens with one attached hydrogen (secondary N) is 1. The normalized spacial score (nSPS) is 13.6. The van der Waals surface area contributed by atoms with Gasteiger partial charge in [0.05, 0.1) is 0 Å². The Balaban J connectivity index is 4.26. The average molecular weight is 194 g/mol. The maximum atomic E-state index is 11.6. The van der Waals surface area contributed by atoms with Crippen LogP contribution in [0.1, 0.15) is 13.8 Å². The van der Waals surface area contributed by atoms with Crippen LogP contribution in [0.25, 0.3) is 0 Å². The maximum Gasteiger partial charge on any atom is 0.233 e. The lowest BCUT2D eigenvalue weighted by atomic mass is 10.2. The van der Waals surface area contributed by atoms with Gasteiger partial charge in [0, 0.05) is 22.5 Å². The number of thiol groups is 1. The number of carbonyl (C=O) groups excluding carboxylic acids is 1. The van der Waals surface area contributed by atoms with Gasteiger partial charge in [0.15, 0.2) is 0 Å². The van der Waals surface area contributed by atoms with Gasteiger partial charge < -0.3 is 0 Å². The fourth-order valence-electron chi connectivity index (χ4n) is 0.434. The molecule has 12 heavy (non-hydrogen) atoms. The van der Waals surface area contributed by atoms with E-state index in [4.69, 9.17) is 0 Å². The van der Waals surface area contributed by atoms with Crippen molar-refractivity contribution in [2.45, 2.75) is 13.8 Å². The lowest BCUT2D eigenvalue weighted by Gasteiger charge is -2.28. The van der Waals surface area contributed by atoms with Gasteiger partial charge in [0.25, 0.3) is 0 Å². The molecule has 0 aromatic rings. The molecule has 4 nitrogen and oxygen atoms in total. The standard InChI is InChI=1S/C7H18N2O2S/c1-6(2)7(10)8-12(5,11)9(3)4/h6,12H,1-5H3,(H,8,10,11). The summed E-state index contributed by atoms with van der Waals surface area (Å²) in [6, 6.07) is 0. The molecule has 0 unspecified atom stereocenters. The number of amides is 1. The van der Waals surface area contributed by atoms with Crippen LogP contribution in [0, 0.1) is 5.92 Å². The second kappa shape index (κ2) is 4.00. The van der Waals surface area contributed by atoms with Gasteiger partial charge in [-0.1, -0.05) is 13.8 Å². The first-order valence-corrected chi connectivity index (χ1v) is 5.95. The molecule has 0 aliphatic rings. The molecule has 0 atom stereocenters. The SMILES string of the molecule is CC(C)C(=O)N[SH](C)(=O)N(C)C. The topological polar surface area (TPSA) is 49.4 Å². The molecule has 0 aliphatic carbocycles. The van der Waals surface area contributed by atoms with Gasteiger partial charge >= 0.3 is 0 Å². The highest BCUT2D eigenvalue weighted by molar-refractivity contribution is 7.98. The largest absolute Gasteiger partial charge is 0.286 e. The second-order valence-electron chi connectivity index (χ2n) is 3.36. The molecule has 74 valence electrons.